The van der Waals surface area contributed by atoms with Gasteiger partial charge in [-0.25, -0.2) is 4.39 Å². The summed E-state index contributed by atoms with van der Waals surface area (Å²) in [7, 11) is 0. The Morgan fingerprint density at radius 1 is 1.14 bits per heavy atom. The Morgan fingerprint density at radius 2 is 1.86 bits per heavy atom. The van der Waals surface area contributed by atoms with Gasteiger partial charge in [0.1, 0.15) is 11.6 Å². The summed E-state index contributed by atoms with van der Waals surface area (Å²) >= 11 is 0. The van der Waals surface area contributed by atoms with Gasteiger partial charge in [-0.2, -0.15) is 0 Å². The molecule has 0 bridgehead atoms. The van der Waals surface area contributed by atoms with Crippen molar-refractivity contribution in [2.24, 2.45) is 0 Å². The van der Waals surface area contributed by atoms with Crippen molar-refractivity contribution in [3.05, 3.63) is 59.4 Å². The Labute approximate surface area is 126 Å². The second-order valence-electron chi connectivity index (χ2n) is 4.68. The number of carbonyl (C=O) groups is 2. The van der Waals surface area contributed by atoms with Crippen molar-refractivity contribution in [1.82, 2.24) is 0 Å². The summed E-state index contributed by atoms with van der Waals surface area (Å²) in [5.74, 6) is -2.45. The van der Waals surface area contributed by atoms with E-state index in [1.165, 1.54) is 24.3 Å². The zero-order chi connectivity index (χ0) is 16.1. The molecule has 0 aliphatic heterocycles. The number of aromatic hydroxyl groups is 1. The number of hydrogen-bond donors (Lipinski definition) is 3. The topological polar surface area (TPSA) is 86.6 Å². The van der Waals surface area contributed by atoms with E-state index in [1.54, 1.807) is 18.2 Å². The third-order valence-corrected chi connectivity index (χ3v) is 3.06. The molecule has 1 amide bonds. The lowest BCUT2D eigenvalue weighted by Crippen LogP contribution is -2.13. The third kappa shape index (κ3) is 3.82. The summed E-state index contributed by atoms with van der Waals surface area (Å²) < 4.78 is 13.9. The number of carboxylic acid groups (broad SMARTS) is 1. The first kappa shape index (κ1) is 15.5. The van der Waals surface area contributed by atoms with Crippen LogP contribution in [0.3, 0.4) is 0 Å². The molecule has 0 aliphatic rings. The monoisotopic (exact) mass is 303 g/mol. The minimum absolute atomic E-state index is 0.0349. The van der Waals surface area contributed by atoms with Gasteiger partial charge < -0.3 is 15.5 Å². The van der Waals surface area contributed by atoms with Crippen LogP contribution in [0, 0.1) is 5.82 Å². The van der Waals surface area contributed by atoms with Crippen LogP contribution in [0.2, 0.25) is 0 Å². The molecule has 0 aliphatic carbocycles. The fourth-order valence-corrected chi connectivity index (χ4v) is 1.92. The fraction of sp³-hybridized carbons (Fsp3) is 0.125. The number of aryl methyl sites for hydroxylation is 1. The summed E-state index contributed by atoms with van der Waals surface area (Å²) in [6, 6.07) is 10.0. The zero-order valence-corrected chi connectivity index (χ0v) is 11.5. The molecule has 0 saturated heterocycles. The summed E-state index contributed by atoms with van der Waals surface area (Å²) in [5.41, 5.74) is 0.532. The van der Waals surface area contributed by atoms with Crippen molar-refractivity contribution >= 4 is 17.6 Å². The summed E-state index contributed by atoms with van der Waals surface area (Å²) in [6.45, 7) is 0. The van der Waals surface area contributed by atoms with Crippen LogP contribution in [0.1, 0.15) is 22.3 Å². The molecule has 5 nitrogen and oxygen atoms in total. The third-order valence-electron chi connectivity index (χ3n) is 3.06. The average molecular weight is 303 g/mol. The number of para-hydroxylation sites is 1. The van der Waals surface area contributed by atoms with Crippen LogP contribution in [0.4, 0.5) is 10.1 Å². The number of carbonyl (C=O) groups excluding carboxylic acids is 1. The zero-order valence-electron chi connectivity index (χ0n) is 11.5. The number of phenols is 1. The van der Waals surface area contributed by atoms with Crippen LogP contribution in [0.5, 0.6) is 5.75 Å². The van der Waals surface area contributed by atoms with Gasteiger partial charge in [0, 0.05) is 6.42 Å². The van der Waals surface area contributed by atoms with Crippen molar-refractivity contribution in [3.63, 3.8) is 0 Å². The normalized spacial score (nSPS) is 10.2. The highest BCUT2D eigenvalue weighted by atomic mass is 19.1. The molecular weight excluding hydrogens is 289 g/mol. The van der Waals surface area contributed by atoms with Crippen LogP contribution in [-0.2, 0) is 11.2 Å². The number of amides is 1. The molecule has 0 aromatic heterocycles. The number of aliphatic carboxylic acids is 1. The molecule has 6 heteroatoms. The molecule has 0 spiro atoms. The summed E-state index contributed by atoms with van der Waals surface area (Å²) in [5, 5.41) is 20.5. The predicted octanol–water partition coefficient (Wildman–Crippen LogP) is 2.80. The van der Waals surface area contributed by atoms with E-state index >= 15 is 0 Å². The maximum absolute atomic E-state index is 13.9. The van der Waals surface area contributed by atoms with E-state index < -0.39 is 17.7 Å². The fourth-order valence-electron chi connectivity index (χ4n) is 1.92. The van der Waals surface area contributed by atoms with Crippen molar-refractivity contribution < 1.29 is 24.2 Å². The number of benzene rings is 2. The van der Waals surface area contributed by atoms with Crippen LogP contribution in [0.25, 0.3) is 0 Å². The lowest BCUT2D eigenvalue weighted by molar-refractivity contribution is -0.136. The molecule has 22 heavy (non-hydrogen) atoms. The number of halogens is 1. The Morgan fingerprint density at radius 3 is 2.50 bits per heavy atom. The molecule has 3 N–H and O–H groups in total. The molecule has 0 atom stereocenters. The molecule has 0 unspecified atom stereocenters. The number of anilines is 1. The van der Waals surface area contributed by atoms with Gasteiger partial charge in [-0.3, -0.25) is 9.59 Å². The van der Waals surface area contributed by atoms with Gasteiger partial charge in [-0.1, -0.05) is 18.2 Å². The lowest BCUT2D eigenvalue weighted by atomic mass is 10.1. The van der Waals surface area contributed by atoms with Crippen LogP contribution >= 0.6 is 0 Å². The molecule has 0 heterocycles. The molecule has 2 aromatic carbocycles. The smallest absolute Gasteiger partial charge is 0.303 e. The molecule has 0 saturated carbocycles. The lowest BCUT2D eigenvalue weighted by Gasteiger charge is -2.09. The second-order valence-corrected chi connectivity index (χ2v) is 4.68. The van der Waals surface area contributed by atoms with E-state index in [0.717, 1.165) is 0 Å². The average Bonchev–Trinajstić information content (AvgIpc) is 2.48. The van der Waals surface area contributed by atoms with Crippen molar-refractivity contribution in [3.8, 4) is 5.75 Å². The van der Waals surface area contributed by atoms with E-state index in [0.29, 0.717) is 5.56 Å². The molecule has 0 fully saturated rings. The van der Waals surface area contributed by atoms with Crippen molar-refractivity contribution in [2.45, 2.75) is 12.8 Å². The number of rotatable bonds is 5. The standard InChI is InChI=1S/C16H14FNO4/c17-12-9-10(6-8-15(20)21)5-7-13(12)18-16(22)11-3-1-2-4-14(11)19/h1-5,7,9,19H,6,8H2,(H,18,22)(H,20,21). The molecule has 0 radical (unpaired) electrons. The van der Waals surface area contributed by atoms with Gasteiger partial charge in [-0.05, 0) is 36.2 Å². The van der Waals surface area contributed by atoms with Gasteiger partial charge in [0.05, 0.1) is 11.3 Å². The first-order chi connectivity index (χ1) is 10.5. The van der Waals surface area contributed by atoms with E-state index in [1.807, 2.05) is 0 Å². The number of phenolic OH excluding ortho intramolecular Hbond substituents is 1. The molecular formula is C16H14FNO4. The van der Waals surface area contributed by atoms with Crippen LogP contribution in [-0.4, -0.2) is 22.1 Å². The van der Waals surface area contributed by atoms with E-state index in [-0.39, 0.29) is 29.8 Å². The van der Waals surface area contributed by atoms with E-state index in [4.69, 9.17) is 5.11 Å². The quantitative estimate of drug-likeness (QED) is 0.792. The van der Waals surface area contributed by atoms with Crippen LogP contribution in [0.15, 0.2) is 42.5 Å². The minimum Gasteiger partial charge on any atom is -0.507 e. The Bertz CT molecular complexity index is 715. The van der Waals surface area contributed by atoms with Gasteiger partial charge in [0.2, 0.25) is 0 Å². The Kier molecular flexibility index (Phi) is 4.73. The second kappa shape index (κ2) is 6.71. The first-order valence-corrected chi connectivity index (χ1v) is 6.57. The molecule has 2 aromatic rings. The highest BCUT2D eigenvalue weighted by molar-refractivity contribution is 6.06. The molecule has 2 rings (SSSR count). The number of nitrogens with one attached hydrogen (secondary N) is 1. The predicted molar refractivity (Wildman–Crippen MR) is 78.4 cm³/mol. The first-order valence-electron chi connectivity index (χ1n) is 6.57. The van der Waals surface area contributed by atoms with E-state index in [2.05, 4.69) is 5.32 Å². The number of hydrogen-bond acceptors (Lipinski definition) is 3. The Balaban J connectivity index is 2.12. The van der Waals surface area contributed by atoms with Crippen molar-refractivity contribution in [2.75, 3.05) is 5.32 Å². The van der Waals surface area contributed by atoms with Crippen LogP contribution < -0.4 is 5.32 Å². The van der Waals surface area contributed by atoms with Gasteiger partial charge in [-0.15, -0.1) is 0 Å². The Hall–Kier alpha value is -2.89. The van der Waals surface area contributed by atoms with Gasteiger partial charge in [0.15, 0.2) is 0 Å². The van der Waals surface area contributed by atoms with Gasteiger partial charge >= 0.3 is 5.97 Å². The highest BCUT2D eigenvalue weighted by Crippen LogP contribution is 2.21. The summed E-state index contributed by atoms with van der Waals surface area (Å²) in [6.07, 6.45) is 0.114. The maximum Gasteiger partial charge on any atom is 0.303 e. The maximum atomic E-state index is 13.9. The van der Waals surface area contributed by atoms with E-state index in [9.17, 15) is 19.1 Å². The summed E-state index contributed by atoms with van der Waals surface area (Å²) in [4.78, 5) is 22.5. The highest BCUT2D eigenvalue weighted by Gasteiger charge is 2.13. The van der Waals surface area contributed by atoms with Crippen molar-refractivity contribution in [1.29, 1.82) is 0 Å². The largest absolute Gasteiger partial charge is 0.507 e. The van der Waals surface area contributed by atoms with Gasteiger partial charge in [0.25, 0.3) is 5.91 Å². The number of carboxylic acids is 1. The molecule has 114 valence electrons. The minimum atomic E-state index is -0.961. The SMILES string of the molecule is O=C(O)CCc1ccc(NC(=O)c2ccccc2O)c(F)c1.